The molecule has 0 aliphatic carbocycles. The van der Waals surface area contributed by atoms with Crippen LogP contribution < -0.4 is 19.6 Å². The largest absolute Gasteiger partial charge is 0.488 e. The highest BCUT2D eigenvalue weighted by Gasteiger charge is 2.33. The Hall–Kier alpha value is -3.50. The third-order valence-electron chi connectivity index (χ3n) is 6.64. The van der Waals surface area contributed by atoms with Crippen LogP contribution in [-0.4, -0.2) is 17.1 Å². The molecular formula is C32H29IN2O4S. The highest BCUT2D eigenvalue weighted by Crippen LogP contribution is 2.31. The van der Waals surface area contributed by atoms with E-state index in [0.717, 1.165) is 31.6 Å². The number of fused-ring (bicyclic) bond motifs is 1. The lowest BCUT2D eigenvalue weighted by atomic mass is 9.95. The predicted molar refractivity (Wildman–Crippen MR) is 166 cm³/mol. The zero-order valence-electron chi connectivity index (χ0n) is 22.7. The van der Waals surface area contributed by atoms with Gasteiger partial charge in [0.1, 0.15) is 12.4 Å². The minimum absolute atomic E-state index is 0.196. The number of hydrogen-bond donors (Lipinski definition) is 0. The van der Waals surface area contributed by atoms with E-state index in [9.17, 15) is 9.59 Å². The molecule has 0 amide bonds. The molecule has 4 aromatic rings. The number of carbonyl (C=O) groups is 1. The van der Waals surface area contributed by atoms with Gasteiger partial charge in [0.2, 0.25) is 0 Å². The van der Waals surface area contributed by atoms with Crippen LogP contribution in [0.25, 0.3) is 6.08 Å². The molecule has 6 nitrogen and oxygen atoms in total. The number of thiazole rings is 1. The number of carbonyl (C=O) groups excluding carboxylic acids is 1. The zero-order chi connectivity index (χ0) is 28.4. The molecule has 3 aromatic carbocycles. The fourth-order valence-corrected chi connectivity index (χ4v) is 6.44. The number of aryl methyl sites for hydroxylation is 2. The Kier molecular flexibility index (Phi) is 8.37. The first-order chi connectivity index (χ1) is 19.2. The van der Waals surface area contributed by atoms with Gasteiger partial charge in [-0.15, -0.1) is 0 Å². The molecule has 1 aliphatic heterocycles. The fourth-order valence-electron chi connectivity index (χ4n) is 4.69. The molecule has 1 aromatic heterocycles. The van der Waals surface area contributed by atoms with Gasteiger partial charge in [-0.2, -0.15) is 0 Å². The van der Waals surface area contributed by atoms with E-state index in [0.29, 0.717) is 27.2 Å². The first-order valence-electron chi connectivity index (χ1n) is 13.0. The van der Waals surface area contributed by atoms with E-state index < -0.39 is 12.0 Å². The van der Waals surface area contributed by atoms with Crippen LogP contribution in [0.15, 0.2) is 87.8 Å². The zero-order valence-corrected chi connectivity index (χ0v) is 25.7. The van der Waals surface area contributed by atoms with E-state index in [-0.39, 0.29) is 12.2 Å². The second-order valence-corrected chi connectivity index (χ2v) is 11.9. The third-order valence-corrected chi connectivity index (χ3v) is 8.47. The second-order valence-electron chi connectivity index (χ2n) is 9.68. The van der Waals surface area contributed by atoms with Gasteiger partial charge in [-0.1, -0.05) is 77.1 Å². The molecule has 5 rings (SSSR count). The van der Waals surface area contributed by atoms with Crippen molar-refractivity contribution in [3.8, 4) is 5.75 Å². The molecule has 40 heavy (non-hydrogen) atoms. The summed E-state index contributed by atoms with van der Waals surface area (Å²) in [5, 5.41) is 0. The molecule has 0 saturated carbocycles. The molecule has 1 atom stereocenters. The molecule has 0 radical (unpaired) electrons. The Morgan fingerprint density at radius 2 is 1.82 bits per heavy atom. The molecule has 8 heteroatoms. The highest BCUT2D eigenvalue weighted by atomic mass is 127. The van der Waals surface area contributed by atoms with Crippen LogP contribution in [0.1, 0.15) is 47.7 Å². The monoisotopic (exact) mass is 664 g/mol. The van der Waals surface area contributed by atoms with Gasteiger partial charge in [-0.3, -0.25) is 9.36 Å². The van der Waals surface area contributed by atoms with Crippen LogP contribution >= 0.6 is 33.9 Å². The smallest absolute Gasteiger partial charge is 0.338 e. The SMILES string of the molecule is CCOC(=O)C1=C(C)N=c2s/c(=C/c3ccc(OCc4cccc(C)c4)c(I)c3)c(=O)n2[C@H]1c1ccc(C)cc1. The number of hydrogen-bond acceptors (Lipinski definition) is 6. The number of allylic oxidation sites excluding steroid dienone is 1. The summed E-state index contributed by atoms with van der Waals surface area (Å²) in [6.45, 7) is 8.35. The van der Waals surface area contributed by atoms with Gasteiger partial charge in [-0.25, -0.2) is 9.79 Å². The minimum Gasteiger partial charge on any atom is -0.488 e. The second kappa shape index (κ2) is 11.9. The van der Waals surface area contributed by atoms with Gasteiger partial charge >= 0.3 is 5.97 Å². The molecule has 0 N–H and O–H groups in total. The standard InChI is InChI=1S/C32H29IN2O4S/c1-5-38-31(37)28-21(4)34-32-35(29(28)24-12-9-19(2)10-13-24)30(36)27(40-32)17-22-11-14-26(25(33)16-22)39-18-23-8-6-7-20(3)15-23/h6-17,29H,5,18H2,1-4H3/b27-17+/t29-/m0/s1. The molecule has 2 heterocycles. The van der Waals surface area contributed by atoms with Gasteiger partial charge in [0.05, 0.1) is 32.0 Å². The van der Waals surface area contributed by atoms with Crippen LogP contribution in [0.4, 0.5) is 0 Å². The van der Waals surface area contributed by atoms with Gasteiger partial charge in [-0.05, 0) is 85.2 Å². The first-order valence-corrected chi connectivity index (χ1v) is 14.9. The van der Waals surface area contributed by atoms with Crippen molar-refractivity contribution < 1.29 is 14.3 Å². The average Bonchev–Trinajstić information content (AvgIpc) is 3.22. The highest BCUT2D eigenvalue weighted by molar-refractivity contribution is 14.1. The Balaban J connectivity index is 1.52. The number of aromatic nitrogens is 1. The van der Waals surface area contributed by atoms with Crippen molar-refractivity contribution >= 4 is 46.0 Å². The molecular weight excluding hydrogens is 635 g/mol. The molecule has 0 spiro atoms. The molecule has 1 aliphatic rings. The van der Waals surface area contributed by atoms with Gasteiger partial charge in [0.25, 0.3) is 5.56 Å². The normalized spacial score (nSPS) is 15.0. The Bertz CT molecular complexity index is 1800. The number of nitrogens with zero attached hydrogens (tertiary/aromatic N) is 2. The minimum atomic E-state index is -0.615. The Labute approximate surface area is 250 Å². The van der Waals surface area contributed by atoms with Crippen LogP contribution in [0.5, 0.6) is 5.75 Å². The van der Waals surface area contributed by atoms with Crippen molar-refractivity contribution in [2.24, 2.45) is 4.99 Å². The maximum absolute atomic E-state index is 13.8. The lowest BCUT2D eigenvalue weighted by molar-refractivity contribution is -0.139. The Morgan fingerprint density at radius 1 is 1.05 bits per heavy atom. The third kappa shape index (κ3) is 5.83. The van der Waals surface area contributed by atoms with Crippen LogP contribution in [0, 0.1) is 17.4 Å². The van der Waals surface area contributed by atoms with Gasteiger partial charge in [0.15, 0.2) is 4.80 Å². The molecule has 0 fully saturated rings. The van der Waals surface area contributed by atoms with Crippen LogP contribution in [0.2, 0.25) is 0 Å². The van der Waals surface area contributed by atoms with Crippen molar-refractivity contribution in [2.45, 2.75) is 40.3 Å². The number of benzene rings is 3. The van der Waals surface area contributed by atoms with E-state index in [4.69, 9.17) is 9.47 Å². The van der Waals surface area contributed by atoms with Crippen molar-refractivity contribution in [1.82, 2.24) is 4.57 Å². The van der Waals surface area contributed by atoms with Crippen molar-refractivity contribution in [3.05, 3.63) is 129 Å². The molecule has 0 bridgehead atoms. The number of ether oxygens (including phenoxy) is 2. The van der Waals surface area contributed by atoms with Crippen LogP contribution in [-0.2, 0) is 16.1 Å². The fraction of sp³-hybridized carbons (Fsp3) is 0.219. The first kappa shape index (κ1) is 28.0. The number of halogens is 1. The molecule has 0 unspecified atom stereocenters. The predicted octanol–water partition coefficient (Wildman–Crippen LogP) is 5.60. The summed E-state index contributed by atoms with van der Waals surface area (Å²) in [6.07, 6.45) is 1.87. The number of rotatable bonds is 7. The van der Waals surface area contributed by atoms with E-state index in [1.807, 2.05) is 67.6 Å². The summed E-state index contributed by atoms with van der Waals surface area (Å²) >= 11 is 3.57. The lowest BCUT2D eigenvalue weighted by Crippen LogP contribution is -2.39. The maximum Gasteiger partial charge on any atom is 0.338 e. The topological polar surface area (TPSA) is 69.9 Å². The summed E-state index contributed by atoms with van der Waals surface area (Å²) in [7, 11) is 0. The van der Waals surface area contributed by atoms with Gasteiger partial charge < -0.3 is 9.47 Å². The summed E-state index contributed by atoms with van der Waals surface area (Å²) in [5.41, 5.74) is 5.86. The van der Waals surface area contributed by atoms with E-state index in [1.54, 1.807) is 18.4 Å². The van der Waals surface area contributed by atoms with Crippen molar-refractivity contribution in [1.29, 1.82) is 0 Å². The Morgan fingerprint density at radius 3 is 2.52 bits per heavy atom. The van der Waals surface area contributed by atoms with Crippen LogP contribution in [0.3, 0.4) is 0 Å². The summed E-state index contributed by atoms with van der Waals surface area (Å²) in [5.74, 6) is 0.328. The molecule has 204 valence electrons. The van der Waals surface area contributed by atoms with E-state index in [2.05, 4.69) is 46.6 Å². The average molecular weight is 665 g/mol. The van der Waals surface area contributed by atoms with Crippen molar-refractivity contribution in [3.63, 3.8) is 0 Å². The summed E-state index contributed by atoms with van der Waals surface area (Å²) in [6, 6.07) is 21.4. The summed E-state index contributed by atoms with van der Waals surface area (Å²) < 4.78 is 14.5. The van der Waals surface area contributed by atoms with Crippen molar-refractivity contribution in [2.75, 3.05) is 6.61 Å². The molecule has 0 saturated heterocycles. The lowest BCUT2D eigenvalue weighted by Gasteiger charge is -2.24. The quantitative estimate of drug-likeness (QED) is 0.191. The van der Waals surface area contributed by atoms with Gasteiger partial charge in [0, 0.05) is 0 Å². The summed E-state index contributed by atoms with van der Waals surface area (Å²) in [4.78, 5) is 32.1. The van der Waals surface area contributed by atoms with E-state index >= 15 is 0 Å². The number of esters is 1. The van der Waals surface area contributed by atoms with E-state index in [1.165, 1.54) is 16.9 Å². The maximum atomic E-state index is 13.8.